The van der Waals surface area contributed by atoms with E-state index in [1.165, 1.54) is 12.8 Å². The molecule has 1 aliphatic heterocycles. The van der Waals surface area contributed by atoms with Crippen molar-refractivity contribution in [3.05, 3.63) is 30.3 Å². The Morgan fingerprint density at radius 1 is 1.29 bits per heavy atom. The number of benzene rings is 1. The molecule has 1 aromatic carbocycles. The number of rotatable bonds is 8. The van der Waals surface area contributed by atoms with E-state index in [4.69, 9.17) is 4.74 Å². The molecule has 2 N–H and O–H groups in total. The summed E-state index contributed by atoms with van der Waals surface area (Å²) in [4.78, 5) is 11.7. The van der Waals surface area contributed by atoms with Crippen LogP contribution < -0.4 is 15.4 Å². The zero-order valence-electron chi connectivity index (χ0n) is 12.3. The second kappa shape index (κ2) is 9.68. The van der Waals surface area contributed by atoms with Gasteiger partial charge in [0.15, 0.2) is 0 Å². The van der Waals surface area contributed by atoms with E-state index < -0.39 is 0 Å². The minimum absolute atomic E-state index is 0.137. The Labute approximate surface area is 131 Å². The Balaban J connectivity index is 1.47. The highest BCUT2D eigenvalue weighted by Gasteiger charge is 2.14. The summed E-state index contributed by atoms with van der Waals surface area (Å²) < 4.78 is 5.58. The predicted molar refractivity (Wildman–Crippen MR) is 87.9 cm³/mol. The summed E-state index contributed by atoms with van der Waals surface area (Å²) in [5, 5.41) is 6.93. The smallest absolute Gasteiger partial charge is 0.230 e. The molecule has 0 radical (unpaired) electrons. The van der Waals surface area contributed by atoms with Crippen molar-refractivity contribution in [2.75, 3.05) is 32.0 Å². The number of piperidine rings is 1. The number of nitrogens with one attached hydrogen (secondary N) is 2. The largest absolute Gasteiger partial charge is 0.494 e. The van der Waals surface area contributed by atoms with Crippen LogP contribution in [0.3, 0.4) is 0 Å². The first-order chi connectivity index (χ1) is 10.3. The van der Waals surface area contributed by atoms with Gasteiger partial charge < -0.3 is 15.4 Å². The molecule has 1 aliphatic rings. The summed E-state index contributed by atoms with van der Waals surface area (Å²) in [6, 6.07) is 9.75. The number of amides is 1. The fraction of sp³-hybridized carbons (Fsp3) is 0.562. The average molecular weight is 308 g/mol. The van der Waals surface area contributed by atoms with Crippen molar-refractivity contribution < 1.29 is 9.53 Å². The van der Waals surface area contributed by atoms with Gasteiger partial charge in [0.2, 0.25) is 5.91 Å². The van der Waals surface area contributed by atoms with Gasteiger partial charge in [0, 0.05) is 11.8 Å². The molecule has 1 heterocycles. The highest BCUT2D eigenvalue weighted by atomic mass is 32.2. The molecule has 21 heavy (non-hydrogen) atoms. The number of carbonyl (C=O) groups excluding carboxylic acids is 1. The molecule has 0 aromatic heterocycles. The highest BCUT2D eigenvalue weighted by Crippen LogP contribution is 2.19. The molecule has 1 amide bonds. The summed E-state index contributed by atoms with van der Waals surface area (Å²) >= 11 is 1.78. The van der Waals surface area contributed by atoms with Gasteiger partial charge in [-0.05, 0) is 44.5 Å². The summed E-state index contributed by atoms with van der Waals surface area (Å²) in [7, 11) is 0. The average Bonchev–Trinajstić information content (AvgIpc) is 2.54. The van der Waals surface area contributed by atoms with Gasteiger partial charge in [-0.2, -0.15) is 0 Å². The van der Waals surface area contributed by atoms with Crippen LogP contribution in [0.25, 0.3) is 0 Å². The van der Waals surface area contributed by atoms with E-state index in [0.717, 1.165) is 25.3 Å². The predicted octanol–water partition coefficient (Wildman–Crippen LogP) is 2.06. The van der Waals surface area contributed by atoms with E-state index in [1.807, 2.05) is 30.3 Å². The van der Waals surface area contributed by atoms with Crippen LogP contribution in [0, 0.1) is 0 Å². The zero-order valence-corrected chi connectivity index (χ0v) is 13.2. The Hall–Kier alpha value is -1.20. The number of carbonyl (C=O) groups is 1. The van der Waals surface area contributed by atoms with E-state index in [1.54, 1.807) is 11.8 Å². The Morgan fingerprint density at radius 3 is 2.81 bits per heavy atom. The number of hydrogen-bond donors (Lipinski definition) is 2. The van der Waals surface area contributed by atoms with Crippen LogP contribution in [-0.4, -0.2) is 43.2 Å². The third kappa shape index (κ3) is 6.87. The molecule has 0 saturated carbocycles. The number of hydrogen-bond acceptors (Lipinski definition) is 4. The number of thioether (sulfide) groups is 1. The normalized spacial score (nSPS) is 15.6. The first-order valence-corrected chi connectivity index (χ1v) is 8.66. The highest BCUT2D eigenvalue weighted by molar-refractivity contribution is 8.00. The summed E-state index contributed by atoms with van der Waals surface area (Å²) in [5.74, 6) is 1.59. The molecule has 0 unspecified atom stereocenters. The van der Waals surface area contributed by atoms with Gasteiger partial charge in [-0.1, -0.05) is 18.2 Å². The Morgan fingerprint density at radius 2 is 2.05 bits per heavy atom. The van der Waals surface area contributed by atoms with E-state index in [9.17, 15) is 4.79 Å². The monoisotopic (exact) mass is 308 g/mol. The molecule has 4 nitrogen and oxygen atoms in total. The molecule has 2 rings (SSSR count). The quantitative estimate of drug-likeness (QED) is 0.722. The Bertz CT molecular complexity index is 408. The van der Waals surface area contributed by atoms with Gasteiger partial charge in [0.25, 0.3) is 0 Å². The molecule has 1 aromatic rings. The van der Waals surface area contributed by atoms with E-state index in [2.05, 4.69) is 10.6 Å². The standard InChI is InChI=1S/C16H24N2O2S/c19-16(13-21-15-7-10-17-11-8-15)18-9-4-12-20-14-5-2-1-3-6-14/h1-3,5-6,15,17H,4,7-13H2,(H,18,19). The maximum atomic E-state index is 11.7. The molecule has 1 fully saturated rings. The van der Waals surface area contributed by atoms with Gasteiger partial charge in [-0.25, -0.2) is 0 Å². The van der Waals surface area contributed by atoms with Crippen molar-refractivity contribution >= 4 is 17.7 Å². The van der Waals surface area contributed by atoms with Crippen LogP contribution >= 0.6 is 11.8 Å². The van der Waals surface area contributed by atoms with Crippen molar-refractivity contribution in [2.24, 2.45) is 0 Å². The van der Waals surface area contributed by atoms with Crippen molar-refractivity contribution in [3.8, 4) is 5.75 Å². The van der Waals surface area contributed by atoms with E-state index in [0.29, 0.717) is 24.2 Å². The Kier molecular flexibility index (Phi) is 7.46. The molecular formula is C16H24N2O2S. The maximum absolute atomic E-state index is 11.7. The van der Waals surface area contributed by atoms with Crippen LogP contribution in [0.15, 0.2) is 30.3 Å². The van der Waals surface area contributed by atoms with Gasteiger partial charge in [0.05, 0.1) is 12.4 Å². The molecule has 5 heteroatoms. The topological polar surface area (TPSA) is 50.4 Å². The van der Waals surface area contributed by atoms with E-state index in [-0.39, 0.29) is 5.91 Å². The second-order valence-corrected chi connectivity index (χ2v) is 6.41. The molecule has 0 bridgehead atoms. The van der Waals surface area contributed by atoms with Gasteiger partial charge in [-0.15, -0.1) is 11.8 Å². The molecule has 0 spiro atoms. The zero-order chi connectivity index (χ0) is 14.8. The summed E-state index contributed by atoms with van der Waals surface area (Å²) in [6.07, 6.45) is 3.17. The fourth-order valence-electron chi connectivity index (χ4n) is 2.21. The van der Waals surface area contributed by atoms with Crippen LogP contribution in [0.5, 0.6) is 5.75 Å². The number of ether oxygens (including phenoxy) is 1. The molecule has 116 valence electrons. The SMILES string of the molecule is O=C(CSC1CCNCC1)NCCCOc1ccccc1. The van der Waals surface area contributed by atoms with Gasteiger partial charge in [-0.3, -0.25) is 4.79 Å². The number of para-hydroxylation sites is 1. The lowest BCUT2D eigenvalue weighted by Crippen LogP contribution is -2.32. The lowest BCUT2D eigenvalue weighted by molar-refractivity contribution is -0.118. The second-order valence-electron chi connectivity index (χ2n) is 5.13. The molecule has 0 atom stereocenters. The van der Waals surface area contributed by atoms with Gasteiger partial charge in [0.1, 0.15) is 5.75 Å². The summed E-state index contributed by atoms with van der Waals surface area (Å²) in [5.41, 5.74) is 0. The maximum Gasteiger partial charge on any atom is 0.230 e. The third-order valence-electron chi connectivity index (χ3n) is 3.39. The van der Waals surface area contributed by atoms with Crippen LogP contribution in [-0.2, 0) is 4.79 Å². The lowest BCUT2D eigenvalue weighted by Gasteiger charge is -2.21. The molecular weight excluding hydrogens is 284 g/mol. The van der Waals surface area contributed by atoms with Crippen molar-refractivity contribution in [2.45, 2.75) is 24.5 Å². The van der Waals surface area contributed by atoms with Crippen LogP contribution in [0.4, 0.5) is 0 Å². The first kappa shape index (κ1) is 16.2. The summed E-state index contributed by atoms with van der Waals surface area (Å²) in [6.45, 7) is 3.47. The molecule has 0 aliphatic carbocycles. The van der Waals surface area contributed by atoms with E-state index >= 15 is 0 Å². The van der Waals surface area contributed by atoms with Crippen molar-refractivity contribution in [1.29, 1.82) is 0 Å². The van der Waals surface area contributed by atoms with Gasteiger partial charge >= 0.3 is 0 Å². The first-order valence-electron chi connectivity index (χ1n) is 7.61. The molecule has 1 saturated heterocycles. The lowest BCUT2D eigenvalue weighted by atomic mass is 10.2. The minimum Gasteiger partial charge on any atom is -0.494 e. The van der Waals surface area contributed by atoms with Crippen LogP contribution in [0.2, 0.25) is 0 Å². The van der Waals surface area contributed by atoms with Crippen molar-refractivity contribution in [3.63, 3.8) is 0 Å². The third-order valence-corrected chi connectivity index (χ3v) is 4.76. The van der Waals surface area contributed by atoms with Crippen molar-refractivity contribution in [1.82, 2.24) is 10.6 Å². The minimum atomic E-state index is 0.137. The van der Waals surface area contributed by atoms with Crippen LogP contribution in [0.1, 0.15) is 19.3 Å². The fourth-order valence-corrected chi connectivity index (χ4v) is 3.27.